The maximum Gasteiger partial charge on any atom is 0.127 e. The van der Waals surface area contributed by atoms with Crippen LogP contribution in [-0.2, 0) is 6.54 Å². The average molecular weight is 291 g/mol. The van der Waals surface area contributed by atoms with Gasteiger partial charge in [-0.25, -0.2) is 4.98 Å². The van der Waals surface area contributed by atoms with Gasteiger partial charge in [0.15, 0.2) is 0 Å². The zero-order valence-corrected chi connectivity index (χ0v) is 12.5. The quantitative estimate of drug-likeness (QED) is 0.751. The summed E-state index contributed by atoms with van der Waals surface area (Å²) in [5, 5.41) is 12.0. The molecule has 110 valence electrons. The number of pyridine rings is 1. The first kappa shape index (κ1) is 14.1. The third kappa shape index (κ3) is 3.41. The first-order chi connectivity index (χ1) is 10.8. The normalized spacial score (nSPS) is 10.2. The van der Waals surface area contributed by atoms with Gasteiger partial charge in [0.05, 0.1) is 6.54 Å². The molecule has 3 rings (SSSR count). The van der Waals surface area contributed by atoms with E-state index in [0.29, 0.717) is 13.0 Å². The van der Waals surface area contributed by atoms with Gasteiger partial charge in [-0.1, -0.05) is 24.1 Å². The Morgan fingerprint density at radius 2 is 1.82 bits per heavy atom. The van der Waals surface area contributed by atoms with Gasteiger partial charge in [-0.3, -0.25) is 0 Å². The molecule has 0 amide bonds. The van der Waals surface area contributed by atoms with E-state index in [2.05, 4.69) is 32.3 Å². The maximum absolute atomic E-state index is 4.42. The summed E-state index contributed by atoms with van der Waals surface area (Å²) >= 11 is 0. The highest BCUT2D eigenvalue weighted by atomic mass is 15.5. The fourth-order valence-electron chi connectivity index (χ4n) is 2.10. The van der Waals surface area contributed by atoms with Crippen LogP contribution >= 0.6 is 0 Å². The van der Waals surface area contributed by atoms with Gasteiger partial charge >= 0.3 is 0 Å². The van der Waals surface area contributed by atoms with Crippen LogP contribution < -0.4 is 5.32 Å². The third-order valence-electron chi connectivity index (χ3n) is 3.09. The standard InChI is InChI=1S/C17H17N5/c1-2-18-17-12-7-9-14(19-17)8-5-6-13-22-20-15-10-3-4-11-16(15)21-22/h3-4,7,9-12H,2,6,13H2,1H3,(H,18,19). The van der Waals surface area contributed by atoms with Crippen molar-refractivity contribution in [3.05, 3.63) is 48.2 Å². The molecule has 0 aliphatic rings. The number of hydrogen-bond acceptors (Lipinski definition) is 4. The van der Waals surface area contributed by atoms with E-state index < -0.39 is 0 Å². The predicted molar refractivity (Wildman–Crippen MR) is 87.4 cm³/mol. The molecule has 1 aromatic carbocycles. The number of nitrogens with one attached hydrogen (secondary N) is 1. The Labute approximate surface area is 129 Å². The van der Waals surface area contributed by atoms with Crippen molar-refractivity contribution in [3.8, 4) is 11.8 Å². The van der Waals surface area contributed by atoms with Crippen LogP contribution in [0.4, 0.5) is 5.82 Å². The number of fused-ring (bicyclic) bond motifs is 1. The second-order valence-electron chi connectivity index (χ2n) is 4.77. The smallest absolute Gasteiger partial charge is 0.127 e. The molecule has 0 atom stereocenters. The van der Waals surface area contributed by atoms with E-state index in [9.17, 15) is 0 Å². The predicted octanol–water partition coefficient (Wildman–Crippen LogP) is 2.70. The van der Waals surface area contributed by atoms with E-state index in [1.54, 1.807) is 4.80 Å². The van der Waals surface area contributed by atoms with Crippen LogP contribution in [0.15, 0.2) is 42.5 Å². The lowest BCUT2D eigenvalue weighted by molar-refractivity contribution is 0.555. The number of aromatic nitrogens is 4. The number of rotatable bonds is 4. The van der Waals surface area contributed by atoms with E-state index in [4.69, 9.17) is 0 Å². The second kappa shape index (κ2) is 6.72. The summed E-state index contributed by atoms with van der Waals surface area (Å²) in [6.45, 7) is 3.57. The molecule has 0 unspecified atom stereocenters. The molecular weight excluding hydrogens is 274 g/mol. The molecule has 0 aliphatic carbocycles. The minimum Gasteiger partial charge on any atom is -0.370 e. The lowest BCUT2D eigenvalue weighted by Gasteiger charge is -2.00. The van der Waals surface area contributed by atoms with Crippen LogP contribution in [0.5, 0.6) is 0 Å². The van der Waals surface area contributed by atoms with E-state index in [0.717, 1.165) is 29.1 Å². The minimum atomic E-state index is 0.675. The van der Waals surface area contributed by atoms with Gasteiger partial charge in [0.25, 0.3) is 0 Å². The first-order valence-corrected chi connectivity index (χ1v) is 7.35. The molecule has 0 radical (unpaired) electrons. The van der Waals surface area contributed by atoms with E-state index in [1.807, 2.05) is 49.4 Å². The van der Waals surface area contributed by atoms with Crippen molar-refractivity contribution in [2.45, 2.75) is 19.9 Å². The Hall–Kier alpha value is -2.87. The number of anilines is 1. The molecule has 0 saturated heterocycles. The van der Waals surface area contributed by atoms with Crippen molar-refractivity contribution >= 4 is 16.9 Å². The fourth-order valence-corrected chi connectivity index (χ4v) is 2.10. The molecule has 0 aliphatic heterocycles. The Morgan fingerprint density at radius 1 is 1.05 bits per heavy atom. The van der Waals surface area contributed by atoms with Crippen molar-refractivity contribution in [1.29, 1.82) is 0 Å². The van der Waals surface area contributed by atoms with Crippen LogP contribution in [-0.4, -0.2) is 26.5 Å². The summed E-state index contributed by atoms with van der Waals surface area (Å²) in [7, 11) is 0. The molecule has 0 fully saturated rings. The van der Waals surface area contributed by atoms with Gasteiger partial charge in [0.2, 0.25) is 0 Å². The number of benzene rings is 1. The summed E-state index contributed by atoms with van der Waals surface area (Å²) in [5.41, 5.74) is 2.60. The van der Waals surface area contributed by atoms with Crippen molar-refractivity contribution in [3.63, 3.8) is 0 Å². The van der Waals surface area contributed by atoms with Crippen LogP contribution in [0.3, 0.4) is 0 Å². The highest BCUT2D eigenvalue weighted by molar-refractivity contribution is 5.72. The summed E-state index contributed by atoms with van der Waals surface area (Å²) in [6.07, 6.45) is 0.689. The zero-order valence-electron chi connectivity index (χ0n) is 12.5. The first-order valence-electron chi connectivity index (χ1n) is 7.35. The SMILES string of the molecule is CCNc1cccc(C#CCCn2nc3ccccc3n2)n1. The number of nitrogens with zero attached hydrogens (tertiary/aromatic N) is 4. The lowest BCUT2D eigenvalue weighted by atomic mass is 10.3. The van der Waals surface area contributed by atoms with Gasteiger partial charge in [-0.05, 0) is 37.1 Å². The Kier molecular flexibility index (Phi) is 4.30. The lowest BCUT2D eigenvalue weighted by Crippen LogP contribution is -2.01. The Bertz CT molecular complexity index is 792. The second-order valence-corrected chi connectivity index (χ2v) is 4.77. The minimum absolute atomic E-state index is 0.675. The monoisotopic (exact) mass is 291 g/mol. The van der Waals surface area contributed by atoms with Gasteiger partial charge in [-0.15, -0.1) is 0 Å². The average Bonchev–Trinajstić information content (AvgIpc) is 2.95. The van der Waals surface area contributed by atoms with E-state index >= 15 is 0 Å². The van der Waals surface area contributed by atoms with Crippen molar-refractivity contribution in [1.82, 2.24) is 20.0 Å². The summed E-state index contributed by atoms with van der Waals surface area (Å²) in [5.74, 6) is 7.06. The molecule has 5 nitrogen and oxygen atoms in total. The fraction of sp³-hybridized carbons (Fsp3) is 0.235. The van der Waals surface area contributed by atoms with Crippen LogP contribution in [0.1, 0.15) is 19.0 Å². The molecule has 5 heteroatoms. The Balaban J connectivity index is 1.62. The van der Waals surface area contributed by atoms with E-state index in [-0.39, 0.29) is 0 Å². The molecule has 2 aromatic heterocycles. The topological polar surface area (TPSA) is 55.6 Å². The van der Waals surface area contributed by atoms with Crippen LogP contribution in [0.2, 0.25) is 0 Å². The molecule has 0 spiro atoms. The summed E-state index contributed by atoms with van der Waals surface area (Å²) in [6, 6.07) is 13.6. The van der Waals surface area contributed by atoms with Crippen LogP contribution in [0.25, 0.3) is 11.0 Å². The third-order valence-corrected chi connectivity index (χ3v) is 3.09. The molecule has 1 N–H and O–H groups in total. The number of aryl methyl sites for hydroxylation is 1. The van der Waals surface area contributed by atoms with Gasteiger partial charge < -0.3 is 5.32 Å². The van der Waals surface area contributed by atoms with Crippen molar-refractivity contribution in [2.75, 3.05) is 11.9 Å². The van der Waals surface area contributed by atoms with Gasteiger partial charge in [-0.2, -0.15) is 15.0 Å². The zero-order chi connectivity index (χ0) is 15.2. The molecule has 0 bridgehead atoms. The Morgan fingerprint density at radius 3 is 2.55 bits per heavy atom. The van der Waals surface area contributed by atoms with Crippen molar-refractivity contribution < 1.29 is 0 Å². The largest absolute Gasteiger partial charge is 0.370 e. The molecular formula is C17H17N5. The van der Waals surface area contributed by atoms with Crippen LogP contribution in [0, 0.1) is 11.8 Å². The molecule has 3 aromatic rings. The van der Waals surface area contributed by atoms with Gasteiger partial charge in [0, 0.05) is 13.0 Å². The summed E-state index contributed by atoms with van der Waals surface area (Å²) < 4.78 is 0. The molecule has 2 heterocycles. The maximum atomic E-state index is 4.42. The van der Waals surface area contributed by atoms with E-state index in [1.165, 1.54) is 0 Å². The highest BCUT2D eigenvalue weighted by Crippen LogP contribution is 2.07. The van der Waals surface area contributed by atoms with Crippen molar-refractivity contribution in [2.24, 2.45) is 0 Å². The molecule has 22 heavy (non-hydrogen) atoms. The van der Waals surface area contributed by atoms with Gasteiger partial charge in [0.1, 0.15) is 22.5 Å². The summed E-state index contributed by atoms with van der Waals surface area (Å²) in [4.78, 5) is 6.12. The highest BCUT2D eigenvalue weighted by Gasteiger charge is 1.99. The number of hydrogen-bond donors (Lipinski definition) is 1. The molecule has 0 saturated carbocycles.